The van der Waals surface area contributed by atoms with Gasteiger partial charge in [-0.25, -0.2) is 4.79 Å². The number of rotatable bonds is 6. The fourth-order valence-electron chi connectivity index (χ4n) is 2.19. The van der Waals surface area contributed by atoms with Gasteiger partial charge < -0.3 is 4.74 Å². The Morgan fingerprint density at radius 3 is 2.28 bits per heavy atom. The predicted octanol–water partition coefficient (Wildman–Crippen LogP) is 2.84. The van der Waals surface area contributed by atoms with E-state index in [1.807, 2.05) is 0 Å². The average molecular weight is 362 g/mol. The summed E-state index contributed by atoms with van der Waals surface area (Å²) in [5, 5.41) is 11.4. The van der Waals surface area contributed by atoms with Gasteiger partial charge in [-0.15, -0.1) is 0 Å². The Hall–Kier alpha value is -3.06. The van der Waals surface area contributed by atoms with E-state index in [1.54, 1.807) is 6.07 Å². The molecule has 0 heterocycles. The van der Waals surface area contributed by atoms with E-state index < -0.39 is 28.5 Å². The van der Waals surface area contributed by atoms with Crippen molar-refractivity contribution in [3.8, 4) is 0 Å². The second-order valence-electron chi connectivity index (χ2n) is 4.97. The van der Waals surface area contributed by atoms with Crippen molar-refractivity contribution in [3.05, 3.63) is 80.4 Å². The first kappa shape index (κ1) is 18.3. The first-order valence-electron chi connectivity index (χ1n) is 7.01. The maximum absolute atomic E-state index is 12.5. The molecule has 0 N–H and O–H groups in total. The van der Waals surface area contributed by atoms with Gasteiger partial charge in [0.05, 0.1) is 17.7 Å². The summed E-state index contributed by atoms with van der Waals surface area (Å²) in [5.74, 6) is -2.77. The van der Waals surface area contributed by atoms with Crippen LogP contribution in [0.4, 0.5) is 0 Å². The first-order valence-corrected chi connectivity index (χ1v) is 7.39. The molecule has 0 radical (unpaired) electrons. The van der Waals surface area contributed by atoms with E-state index in [9.17, 15) is 24.5 Å². The second-order valence-corrected chi connectivity index (χ2v) is 5.38. The van der Waals surface area contributed by atoms with Crippen LogP contribution in [-0.4, -0.2) is 35.6 Å². The molecule has 0 spiro atoms. The minimum absolute atomic E-state index is 0.00969. The molecule has 7 nitrogen and oxygen atoms in total. The number of methoxy groups -OCH3 is 1. The Kier molecular flexibility index (Phi) is 5.61. The molecule has 0 fully saturated rings. The SMILES string of the molecule is COC(=O)c1cccc(C(=O)C(C(=O)c2ccccc2Cl)[N+](=O)[O-])c1. The summed E-state index contributed by atoms with van der Waals surface area (Å²) in [5.41, 5.74) is -0.228. The van der Waals surface area contributed by atoms with Gasteiger partial charge in [-0.2, -0.15) is 0 Å². The van der Waals surface area contributed by atoms with E-state index in [0.717, 1.165) is 13.2 Å². The van der Waals surface area contributed by atoms with Crippen molar-refractivity contribution in [2.24, 2.45) is 0 Å². The molecule has 0 aliphatic heterocycles. The van der Waals surface area contributed by atoms with E-state index in [1.165, 1.54) is 36.4 Å². The highest BCUT2D eigenvalue weighted by Gasteiger charge is 2.40. The van der Waals surface area contributed by atoms with Crippen LogP contribution < -0.4 is 0 Å². The number of esters is 1. The van der Waals surface area contributed by atoms with Crippen molar-refractivity contribution in [2.75, 3.05) is 7.11 Å². The van der Waals surface area contributed by atoms with Gasteiger partial charge in [0.15, 0.2) is 0 Å². The maximum Gasteiger partial charge on any atom is 0.337 e. The Balaban J connectivity index is 2.43. The number of benzene rings is 2. The van der Waals surface area contributed by atoms with Gasteiger partial charge >= 0.3 is 12.0 Å². The van der Waals surface area contributed by atoms with Crippen LogP contribution in [0.15, 0.2) is 48.5 Å². The third-order valence-electron chi connectivity index (χ3n) is 3.42. The number of carbonyl (C=O) groups is 3. The zero-order valence-corrected chi connectivity index (χ0v) is 13.7. The van der Waals surface area contributed by atoms with Crippen molar-refractivity contribution >= 4 is 29.1 Å². The molecule has 0 saturated carbocycles. The molecule has 2 rings (SSSR count). The predicted molar refractivity (Wildman–Crippen MR) is 88.7 cm³/mol. The van der Waals surface area contributed by atoms with Gasteiger partial charge in [-0.05, 0) is 24.3 Å². The van der Waals surface area contributed by atoms with Gasteiger partial charge in [-0.3, -0.25) is 19.7 Å². The van der Waals surface area contributed by atoms with Crippen LogP contribution in [0.5, 0.6) is 0 Å². The Morgan fingerprint density at radius 2 is 1.68 bits per heavy atom. The van der Waals surface area contributed by atoms with E-state index in [0.29, 0.717) is 0 Å². The lowest BCUT2D eigenvalue weighted by molar-refractivity contribution is -0.488. The van der Waals surface area contributed by atoms with Gasteiger partial charge in [0.25, 0.3) is 0 Å². The van der Waals surface area contributed by atoms with E-state index in [-0.39, 0.29) is 21.7 Å². The van der Waals surface area contributed by atoms with Gasteiger partial charge in [-0.1, -0.05) is 35.9 Å². The molecular weight excluding hydrogens is 350 g/mol. The number of hydrogen-bond acceptors (Lipinski definition) is 6. The highest BCUT2D eigenvalue weighted by atomic mass is 35.5. The van der Waals surface area contributed by atoms with Crippen molar-refractivity contribution < 1.29 is 24.0 Å². The minimum Gasteiger partial charge on any atom is -0.465 e. The molecule has 0 aliphatic rings. The van der Waals surface area contributed by atoms with E-state index in [2.05, 4.69) is 4.74 Å². The standard InChI is InChI=1S/C17H12ClNO6/c1-25-17(22)11-6-4-5-10(9-11)15(20)14(19(23)24)16(21)12-7-2-3-8-13(12)18/h2-9,14H,1H3. The molecule has 0 amide bonds. The third-order valence-corrected chi connectivity index (χ3v) is 3.74. The number of carbonyl (C=O) groups excluding carboxylic acids is 3. The van der Waals surface area contributed by atoms with Crippen molar-refractivity contribution in [3.63, 3.8) is 0 Å². The molecule has 2 aromatic rings. The summed E-state index contributed by atoms with van der Waals surface area (Å²) >= 11 is 5.89. The molecule has 25 heavy (non-hydrogen) atoms. The molecule has 1 atom stereocenters. The molecule has 128 valence electrons. The van der Waals surface area contributed by atoms with Crippen LogP contribution in [0, 0.1) is 10.1 Å². The Labute approximate surface area is 147 Å². The quantitative estimate of drug-likeness (QED) is 0.257. The Bertz CT molecular complexity index is 864. The summed E-state index contributed by atoms with van der Waals surface area (Å²) in [6.45, 7) is 0. The van der Waals surface area contributed by atoms with Crippen LogP contribution in [0.1, 0.15) is 31.1 Å². The van der Waals surface area contributed by atoms with Crippen molar-refractivity contribution in [2.45, 2.75) is 6.04 Å². The number of ether oxygens (including phenoxy) is 1. The maximum atomic E-state index is 12.5. The summed E-state index contributed by atoms with van der Waals surface area (Å²) in [7, 11) is 1.16. The molecule has 0 saturated heterocycles. The highest BCUT2D eigenvalue weighted by Crippen LogP contribution is 2.20. The van der Waals surface area contributed by atoms with Crippen molar-refractivity contribution in [1.29, 1.82) is 0 Å². The summed E-state index contributed by atoms with van der Waals surface area (Å²) in [6.07, 6.45) is 0. The number of ketones is 2. The van der Waals surface area contributed by atoms with Crippen molar-refractivity contribution in [1.82, 2.24) is 0 Å². The topological polar surface area (TPSA) is 104 Å². The molecule has 0 aromatic heterocycles. The number of nitrogens with zero attached hydrogens (tertiary/aromatic N) is 1. The zero-order valence-electron chi connectivity index (χ0n) is 13.0. The lowest BCUT2D eigenvalue weighted by atomic mass is 9.96. The van der Waals surface area contributed by atoms with E-state index in [4.69, 9.17) is 11.6 Å². The van der Waals surface area contributed by atoms with Crippen LogP contribution in [0.25, 0.3) is 0 Å². The number of nitro groups is 1. The Morgan fingerprint density at radius 1 is 1.04 bits per heavy atom. The molecule has 0 aliphatic carbocycles. The van der Waals surface area contributed by atoms with Gasteiger partial charge in [0.2, 0.25) is 11.6 Å². The van der Waals surface area contributed by atoms with Gasteiger partial charge in [0.1, 0.15) is 0 Å². The molecule has 1 unspecified atom stereocenters. The normalized spacial score (nSPS) is 11.4. The minimum atomic E-state index is -2.16. The third kappa shape index (κ3) is 3.89. The van der Waals surface area contributed by atoms with Crippen LogP contribution in [-0.2, 0) is 4.74 Å². The average Bonchev–Trinajstić information content (AvgIpc) is 2.61. The summed E-state index contributed by atoms with van der Waals surface area (Å²) in [4.78, 5) is 46.9. The number of halogens is 1. The highest BCUT2D eigenvalue weighted by molar-refractivity contribution is 6.35. The lowest BCUT2D eigenvalue weighted by Crippen LogP contribution is -2.38. The first-order chi connectivity index (χ1) is 11.9. The molecule has 0 bridgehead atoms. The molecule has 2 aromatic carbocycles. The van der Waals surface area contributed by atoms with Crippen LogP contribution in [0.2, 0.25) is 5.02 Å². The largest absolute Gasteiger partial charge is 0.465 e. The van der Waals surface area contributed by atoms with Gasteiger partial charge in [0, 0.05) is 16.1 Å². The number of Topliss-reactive ketones (excluding diaryl/α,β-unsaturated/α-hetero) is 2. The second kappa shape index (κ2) is 7.67. The monoisotopic (exact) mass is 361 g/mol. The fourth-order valence-corrected chi connectivity index (χ4v) is 2.42. The van der Waals surface area contributed by atoms with Crippen LogP contribution in [0.3, 0.4) is 0 Å². The lowest BCUT2D eigenvalue weighted by Gasteiger charge is -2.09. The number of hydrogen-bond donors (Lipinski definition) is 0. The van der Waals surface area contributed by atoms with Crippen LogP contribution >= 0.6 is 11.6 Å². The molecule has 8 heteroatoms. The summed E-state index contributed by atoms with van der Waals surface area (Å²) in [6, 6.07) is 8.77. The van der Waals surface area contributed by atoms with E-state index >= 15 is 0 Å². The summed E-state index contributed by atoms with van der Waals surface area (Å²) < 4.78 is 4.54. The fraction of sp³-hybridized carbons (Fsp3) is 0.118. The smallest absolute Gasteiger partial charge is 0.337 e. The molecular formula is C17H12ClNO6. The zero-order chi connectivity index (χ0) is 18.6.